The molecule has 1 aliphatic heterocycles. The van der Waals surface area contributed by atoms with Gasteiger partial charge in [0.15, 0.2) is 0 Å². The lowest BCUT2D eigenvalue weighted by Gasteiger charge is -2.30. The highest BCUT2D eigenvalue weighted by Gasteiger charge is 2.25. The van der Waals surface area contributed by atoms with E-state index in [0.717, 1.165) is 37.5 Å². The summed E-state index contributed by atoms with van der Waals surface area (Å²) in [7, 11) is 1.66. The third-order valence-corrected chi connectivity index (χ3v) is 4.11. The van der Waals surface area contributed by atoms with Crippen molar-refractivity contribution in [1.29, 1.82) is 0 Å². The molecule has 1 aromatic carbocycles. The standard InChI is InChI=1S/C16H24N2O2/c1-11-9-14(15(20-4)10-12(11)2)13(3)16(19)18-7-5-17-6-8-18/h9-10,13,17H,5-8H2,1-4H3. The number of hydrogen-bond acceptors (Lipinski definition) is 3. The fourth-order valence-corrected chi connectivity index (χ4v) is 2.62. The molecule has 2 rings (SSSR count). The highest BCUT2D eigenvalue weighted by atomic mass is 16.5. The Kier molecular flexibility index (Phi) is 4.65. The van der Waals surface area contributed by atoms with Gasteiger partial charge in [0.05, 0.1) is 13.0 Å². The van der Waals surface area contributed by atoms with Gasteiger partial charge in [-0.05, 0) is 38.0 Å². The number of carbonyl (C=O) groups is 1. The quantitative estimate of drug-likeness (QED) is 0.916. The van der Waals surface area contributed by atoms with Crippen LogP contribution in [-0.4, -0.2) is 44.1 Å². The Balaban J connectivity index is 2.25. The van der Waals surface area contributed by atoms with Gasteiger partial charge >= 0.3 is 0 Å². The number of piperazine rings is 1. The molecule has 20 heavy (non-hydrogen) atoms. The highest BCUT2D eigenvalue weighted by Crippen LogP contribution is 2.30. The Bertz CT molecular complexity index is 493. The Morgan fingerprint density at radius 3 is 2.45 bits per heavy atom. The van der Waals surface area contributed by atoms with Gasteiger partial charge in [-0.2, -0.15) is 0 Å². The van der Waals surface area contributed by atoms with Crippen molar-refractivity contribution >= 4 is 5.91 Å². The third-order valence-electron chi connectivity index (χ3n) is 4.11. The van der Waals surface area contributed by atoms with E-state index < -0.39 is 0 Å². The topological polar surface area (TPSA) is 41.6 Å². The molecule has 1 fully saturated rings. The fourth-order valence-electron chi connectivity index (χ4n) is 2.62. The molecule has 1 saturated heterocycles. The van der Waals surface area contributed by atoms with E-state index in [-0.39, 0.29) is 11.8 Å². The maximum atomic E-state index is 12.6. The third kappa shape index (κ3) is 2.96. The van der Waals surface area contributed by atoms with E-state index in [1.165, 1.54) is 11.1 Å². The number of methoxy groups -OCH3 is 1. The van der Waals surface area contributed by atoms with Crippen molar-refractivity contribution in [1.82, 2.24) is 10.2 Å². The van der Waals surface area contributed by atoms with Crippen LogP contribution in [0.4, 0.5) is 0 Å². The van der Waals surface area contributed by atoms with Gasteiger partial charge in [-0.1, -0.05) is 6.07 Å². The summed E-state index contributed by atoms with van der Waals surface area (Å²) >= 11 is 0. The minimum absolute atomic E-state index is 0.164. The molecule has 1 aliphatic rings. The van der Waals surface area contributed by atoms with Crippen LogP contribution in [0.1, 0.15) is 29.5 Å². The van der Waals surface area contributed by atoms with Gasteiger partial charge < -0.3 is 15.0 Å². The predicted octanol–water partition coefficient (Wildman–Crippen LogP) is 1.85. The lowest BCUT2D eigenvalue weighted by molar-refractivity contribution is -0.133. The van der Waals surface area contributed by atoms with E-state index in [1.54, 1.807) is 7.11 Å². The minimum atomic E-state index is -0.164. The first-order chi connectivity index (χ1) is 9.54. The molecular formula is C16H24N2O2. The normalized spacial score (nSPS) is 16.9. The Morgan fingerprint density at radius 1 is 1.25 bits per heavy atom. The van der Waals surface area contributed by atoms with Crippen LogP contribution in [0.3, 0.4) is 0 Å². The summed E-state index contributed by atoms with van der Waals surface area (Å²) in [6.07, 6.45) is 0. The smallest absolute Gasteiger partial charge is 0.230 e. The SMILES string of the molecule is COc1cc(C)c(C)cc1C(C)C(=O)N1CCNCC1. The van der Waals surface area contributed by atoms with Crippen molar-refractivity contribution in [2.75, 3.05) is 33.3 Å². The second kappa shape index (κ2) is 6.27. The summed E-state index contributed by atoms with van der Waals surface area (Å²) in [5.41, 5.74) is 3.37. The van der Waals surface area contributed by atoms with E-state index in [4.69, 9.17) is 4.74 Å². The summed E-state index contributed by atoms with van der Waals surface area (Å²) in [5.74, 6) is 0.833. The van der Waals surface area contributed by atoms with Crippen LogP contribution in [0.25, 0.3) is 0 Å². The summed E-state index contributed by atoms with van der Waals surface area (Å²) in [4.78, 5) is 14.5. The van der Waals surface area contributed by atoms with Crippen LogP contribution in [-0.2, 0) is 4.79 Å². The van der Waals surface area contributed by atoms with E-state index >= 15 is 0 Å². The second-order valence-corrected chi connectivity index (χ2v) is 5.48. The highest BCUT2D eigenvalue weighted by molar-refractivity contribution is 5.84. The van der Waals surface area contributed by atoms with Gasteiger partial charge in [0.25, 0.3) is 0 Å². The molecular weight excluding hydrogens is 252 g/mol. The summed E-state index contributed by atoms with van der Waals surface area (Å²) in [6, 6.07) is 4.10. The van der Waals surface area contributed by atoms with Crippen LogP contribution >= 0.6 is 0 Å². The maximum absolute atomic E-state index is 12.6. The molecule has 4 nitrogen and oxygen atoms in total. The number of carbonyl (C=O) groups excluding carboxylic acids is 1. The summed E-state index contributed by atoms with van der Waals surface area (Å²) in [5, 5.41) is 3.27. The fraction of sp³-hybridized carbons (Fsp3) is 0.562. The molecule has 0 aliphatic carbocycles. The summed E-state index contributed by atoms with van der Waals surface area (Å²) in [6.45, 7) is 9.43. The molecule has 0 aromatic heterocycles. The molecule has 1 atom stereocenters. The molecule has 1 aromatic rings. The van der Waals surface area contributed by atoms with Crippen molar-refractivity contribution in [3.8, 4) is 5.75 Å². The molecule has 4 heteroatoms. The summed E-state index contributed by atoms with van der Waals surface area (Å²) < 4.78 is 5.46. The van der Waals surface area contributed by atoms with Crippen LogP contribution in [0.2, 0.25) is 0 Å². The van der Waals surface area contributed by atoms with Crippen LogP contribution in [0, 0.1) is 13.8 Å². The van der Waals surface area contributed by atoms with E-state index in [2.05, 4.69) is 25.2 Å². The average Bonchev–Trinajstić information content (AvgIpc) is 2.49. The van der Waals surface area contributed by atoms with Crippen molar-refractivity contribution in [2.24, 2.45) is 0 Å². The van der Waals surface area contributed by atoms with E-state index in [1.807, 2.05) is 17.9 Å². The molecule has 0 bridgehead atoms. The monoisotopic (exact) mass is 276 g/mol. The molecule has 0 saturated carbocycles. The zero-order valence-corrected chi connectivity index (χ0v) is 12.8. The number of benzene rings is 1. The number of nitrogens with zero attached hydrogens (tertiary/aromatic N) is 1. The van der Waals surface area contributed by atoms with Gasteiger partial charge in [-0.25, -0.2) is 0 Å². The predicted molar refractivity (Wildman–Crippen MR) is 80.3 cm³/mol. The van der Waals surface area contributed by atoms with Crippen LogP contribution in [0.15, 0.2) is 12.1 Å². The van der Waals surface area contributed by atoms with Crippen molar-refractivity contribution in [2.45, 2.75) is 26.7 Å². The first kappa shape index (κ1) is 14.9. The first-order valence-corrected chi connectivity index (χ1v) is 7.19. The van der Waals surface area contributed by atoms with E-state index in [0.29, 0.717) is 0 Å². The van der Waals surface area contributed by atoms with Gasteiger partial charge in [-0.15, -0.1) is 0 Å². The zero-order valence-electron chi connectivity index (χ0n) is 12.8. The van der Waals surface area contributed by atoms with Crippen LogP contribution < -0.4 is 10.1 Å². The molecule has 0 radical (unpaired) electrons. The minimum Gasteiger partial charge on any atom is -0.496 e. The van der Waals surface area contributed by atoms with Gasteiger partial charge in [0.1, 0.15) is 5.75 Å². The number of aryl methyl sites for hydroxylation is 2. The Morgan fingerprint density at radius 2 is 1.85 bits per heavy atom. The second-order valence-electron chi connectivity index (χ2n) is 5.48. The van der Waals surface area contributed by atoms with Gasteiger partial charge in [0, 0.05) is 31.7 Å². The maximum Gasteiger partial charge on any atom is 0.230 e. The van der Waals surface area contributed by atoms with Crippen molar-refractivity contribution < 1.29 is 9.53 Å². The molecule has 1 N–H and O–H groups in total. The lowest BCUT2D eigenvalue weighted by atomic mass is 9.94. The number of ether oxygens (including phenoxy) is 1. The lowest BCUT2D eigenvalue weighted by Crippen LogP contribution is -2.47. The van der Waals surface area contributed by atoms with Gasteiger partial charge in [-0.3, -0.25) is 4.79 Å². The zero-order chi connectivity index (χ0) is 14.7. The molecule has 1 heterocycles. The Hall–Kier alpha value is -1.55. The molecule has 1 unspecified atom stereocenters. The molecule has 110 valence electrons. The first-order valence-electron chi connectivity index (χ1n) is 7.19. The molecule has 1 amide bonds. The number of hydrogen-bond donors (Lipinski definition) is 1. The average molecular weight is 276 g/mol. The largest absolute Gasteiger partial charge is 0.496 e. The van der Waals surface area contributed by atoms with Crippen LogP contribution in [0.5, 0.6) is 5.75 Å². The van der Waals surface area contributed by atoms with E-state index in [9.17, 15) is 4.79 Å². The van der Waals surface area contributed by atoms with Crippen molar-refractivity contribution in [3.63, 3.8) is 0 Å². The number of rotatable bonds is 3. The Labute approximate surface area is 121 Å². The van der Waals surface area contributed by atoms with Crippen molar-refractivity contribution in [3.05, 3.63) is 28.8 Å². The molecule has 0 spiro atoms. The number of nitrogens with one attached hydrogen (secondary N) is 1. The number of amides is 1. The van der Waals surface area contributed by atoms with Gasteiger partial charge in [0.2, 0.25) is 5.91 Å².